The number of nitrogens with zero attached hydrogens (tertiary/aromatic N) is 2. The molecule has 0 fully saturated rings. The summed E-state index contributed by atoms with van der Waals surface area (Å²) in [6.07, 6.45) is 0. The standard InChI is InChI=1S/C17H11N3O2S/c18-10-13(17(22)19-11-6-2-1-3-7-11)16(21)15-12-8-4-5-9-14(12)23-20-15/h1-9,13H,(H,19,22). The first-order valence-electron chi connectivity index (χ1n) is 6.85. The van der Waals surface area contributed by atoms with Crippen LogP contribution >= 0.6 is 11.5 Å². The van der Waals surface area contributed by atoms with E-state index in [9.17, 15) is 14.9 Å². The van der Waals surface area contributed by atoms with Gasteiger partial charge in [0.1, 0.15) is 5.69 Å². The Morgan fingerprint density at radius 1 is 1.09 bits per heavy atom. The van der Waals surface area contributed by atoms with Crippen molar-refractivity contribution in [2.45, 2.75) is 0 Å². The molecule has 0 bridgehead atoms. The van der Waals surface area contributed by atoms with Crippen LogP contribution < -0.4 is 5.32 Å². The number of aromatic nitrogens is 1. The lowest BCUT2D eigenvalue weighted by Gasteiger charge is -2.08. The van der Waals surface area contributed by atoms with Crippen LogP contribution in [0.5, 0.6) is 0 Å². The van der Waals surface area contributed by atoms with Crippen molar-refractivity contribution in [1.29, 1.82) is 5.26 Å². The number of hydrogen-bond donors (Lipinski definition) is 1. The van der Waals surface area contributed by atoms with Crippen LogP contribution in [-0.2, 0) is 4.79 Å². The molecule has 3 rings (SSSR count). The summed E-state index contributed by atoms with van der Waals surface area (Å²) in [4.78, 5) is 24.8. The molecular formula is C17H11N3O2S. The summed E-state index contributed by atoms with van der Waals surface area (Å²) in [6, 6.07) is 17.7. The number of nitriles is 1. The van der Waals surface area contributed by atoms with Crippen molar-refractivity contribution in [2.24, 2.45) is 5.92 Å². The number of carbonyl (C=O) groups excluding carboxylic acids is 2. The predicted molar refractivity (Wildman–Crippen MR) is 88.1 cm³/mol. The van der Waals surface area contributed by atoms with Gasteiger partial charge in [-0.15, -0.1) is 0 Å². The van der Waals surface area contributed by atoms with Crippen LogP contribution in [0.1, 0.15) is 10.5 Å². The lowest BCUT2D eigenvalue weighted by molar-refractivity contribution is -0.117. The van der Waals surface area contributed by atoms with Gasteiger partial charge in [-0.25, -0.2) is 0 Å². The van der Waals surface area contributed by atoms with Crippen molar-refractivity contribution in [3.63, 3.8) is 0 Å². The fraction of sp³-hybridized carbons (Fsp3) is 0.0588. The highest BCUT2D eigenvalue weighted by Crippen LogP contribution is 2.24. The van der Waals surface area contributed by atoms with Gasteiger partial charge in [0.25, 0.3) is 0 Å². The number of para-hydroxylation sites is 1. The second-order valence-corrected chi connectivity index (χ2v) is 5.61. The Balaban J connectivity index is 1.87. The number of anilines is 1. The lowest BCUT2D eigenvalue weighted by atomic mass is 10.00. The van der Waals surface area contributed by atoms with Gasteiger partial charge in [-0.3, -0.25) is 9.59 Å². The van der Waals surface area contributed by atoms with Gasteiger partial charge in [0, 0.05) is 11.1 Å². The zero-order valence-corrected chi connectivity index (χ0v) is 12.7. The van der Waals surface area contributed by atoms with E-state index in [-0.39, 0.29) is 5.69 Å². The smallest absolute Gasteiger partial charge is 0.249 e. The summed E-state index contributed by atoms with van der Waals surface area (Å²) in [5, 5.41) is 12.5. The molecular weight excluding hydrogens is 310 g/mol. The number of rotatable bonds is 4. The zero-order chi connectivity index (χ0) is 16.2. The number of ketones is 1. The molecule has 112 valence electrons. The van der Waals surface area contributed by atoms with E-state index in [1.807, 2.05) is 18.2 Å². The SMILES string of the molecule is N#CC(C(=O)Nc1ccccc1)C(=O)c1nsc2ccccc12. The first-order chi connectivity index (χ1) is 11.2. The molecule has 0 spiro atoms. The molecule has 1 N–H and O–H groups in total. The molecule has 0 aliphatic heterocycles. The molecule has 0 saturated carbocycles. The normalized spacial score (nSPS) is 11.6. The average Bonchev–Trinajstić information content (AvgIpc) is 3.00. The summed E-state index contributed by atoms with van der Waals surface area (Å²) >= 11 is 1.17. The van der Waals surface area contributed by atoms with Gasteiger partial charge in [0.2, 0.25) is 11.7 Å². The quantitative estimate of drug-likeness (QED) is 0.590. The summed E-state index contributed by atoms with van der Waals surface area (Å²) in [5.74, 6) is -2.67. The number of fused-ring (bicyclic) bond motifs is 1. The number of amides is 1. The number of benzene rings is 2. The molecule has 5 nitrogen and oxygen atoms in total. The maximum atomic E-state index is 12.5. The van der Waals surface area contributed by atoms with E-state index in [2.05, 4.69) is 9.69 Å². The predicted octanol–water partition coefficient (Wildman–Crippen LogP) is 3.26. The third kappa shape index (κ3) is 2.96. The van der Waals surface area contributed by atoms with Gasteiger partial charge in [-0.2, -0.15) is 9.64 Å². The third-order valence-electron chi connectivity index (χ3n) is 3.31. The van der Waals surface area contributed by atoms with Gasteiger partial charge in [0.05, 0.1) is 10.8 Å². The molecule has 0 aliphatic carbocycles. The minimum absolute atomic E-state index is 0.167. The summed E-state index contributed by atoms with van der Waals surface area (Å²) in [5.41, 5.74) is 0.703. The van der Waals surface area contributed by atoms with Gasteiger partial charge in [-0.1, -0.05) is 36.4 Å². The Hall–Kier alpha value is -3.04. The van der Waals surface area contributed by atoms with E-state index in [0.29, 0.717) is 11.1 Å². The number of nitrogens with one attached hydrogen (secondary N) is 1. The topological polar surface area (TPSA) is 82.9 Å². The maximum absolute atomic E-state index is 12.5. The molecule has 0 aliphatic rings. The Kier molecular flexibility index (Phi) is 4.13. The highest BCUT2D eigenvalue weighted by atomic mass is 32.1. The fourth-order valence-electron chi connectivity index (χ4n) is 2.17. The molecule has 1 aromatic heterocycles. The number of Topliss-reactive ketones (excluding diaryl/α,β-unsaturated/α-hetero) is 1. The van der Waals surface area contributed by atoms with Crippen LogP contribution in [0, 0.1) is 17.2 Å². The van der Waals surface area contributed by atoms with E-state index in [1.54, 1.807) is 42.5 Å². The van der Waals surface area contributed by atoms with E-state index < -0.39 is 17.6 Å². The minimum Gasteiger partial charge on any atom is -0.325 e. The second-order valence-electron chi connectivity index (χ2n) is 4.81. The van der Waals surface area contributed by atoms with E-state index >= 15 is 0 Å². The van der Waals surface area contributed by atoms with E-state index in [4.69, 9.17) is 0 Å². The van der Waals surface area contributed by atoms with Gasteiger partial charge in [-0.05, 0) is 29.7 Å². The largest absolute Gasteiger partial charge is 0.325 e. The van der Waals surface area contributed by atoms with Crippen molar-refractivity contribution >= 4 is 39.0 Å². The third-order valence-corrected chi connectivity index (χ3v) is 4.13. The average molecular weight is 321 g/mol. The highest BCUT2D eigenvalue weighted by Gasteiger charge is 2.30. The molecule has 1 heterocycles. The van der Waals surface area contributed by atoms with E-state index in [1.165, 1.54) is 11.5 Å². The number of hydrogen-bond acceptors (Lipinski definition) is 5. The van der Waals surface area contributed by atoms with Crippen LogP contribution in [-0.4, -0.2) is 16.1 Å². The molecule has 1 amide bonds. The molecule has 23 heavy (non-hydrogen) atoms. The molecule has 1 unspecified atom stereocenters. The van der Waals surface area contributed by atoms with Gasteiger partial charge < -0.3 is 5.32 Å². The Morgan fingerprint density at radius 3 is 2.52 bits per heavy atom. The van der Waals surface area contributed by atoms with Crippen LogP contribution in [0.3, 0.4) is 0 Å². The van der Waals surface area contributed by atoms with Crippen molar-refractivity contribution in [3.8, 4) is 6.07 Å². The Morgan fingerprint density at radius 2 is 1.78 bits per heavy atom. The first-order valence-corrected chi connectivity index (χ1v) is 7.62. The van der Waals surface area contributed by atoms with Gasteiger partial charge in [0.15, 0.2) is 5.92 Å². The fourth-order valence-corrected chi connectivity index (χ4v) is 2.95. The monoisotopic (exact) mass is 321 g/mol. The van der Waals surface area contributed by atoms with Crippen molar-refractivity contribution in [3.05, 3.63) is 60.3 Å². The Labute approximate surface area is 136 Å². The zero-order valence-electron chi connectivity index (χ0n) is 11.9. The maximum Gasteiger partial charge on any atom is 0.249 e. The van der Waals surface area contributed by atoms with Crippen LogP contribution in [0.2, 0.25) is 0 Å². The van der Waals surface area contributed by atoms with Crippen LogP contribution in [0.4, 0.5) is 5.69 Å². The first kappa shape index (κ1) is 14.9. The van der Waals surface area contributed by atoms with Crippen molar-refractivity contribution in [2.75, 3.05) is 5.32 Å². The Bertz CT molecular complexity index is 912. The molecule has 6 heteroatoms. The second kappa shape index (κ2) is 6.38. The molecule has 0 radical (unpaired) electrons. The highest BCUT2D eigenvalue weighted by molar-refractivity contribution is 7.13. The molecule has 2 aromatic carbocycles. The summed E-state index contributed by atoms with van der Waals surface area (Å²) < 4.78 is 4.96. The molecule has 3 aromatic rings. The van der Waals surface area contributed by atoms with Crippen LogP contribution in [0.25, 0.3) is 10.1 Å². The number of carbonyl (C=O) groups is 2. The van der Waals surface area contributed by atoms with E-state index in [0.717, 1.165) is 4.70 Å². The van der Waals surface area contributed by atoms with Crippen molar-refractivity contribution < 1.29 is 9.59 Å². The minimum atomic E-state index is -1.43. The summed E-state index contributed by atoms with van der Waals surface area (Å²) in [7, 11) is 0. The lowest BCUT2D eigenvalue weighted by Crippen LogP contribution is -2.29. The summed E-state index contributed by atoms with van der Waals surface area (Å²) in [6.45, 7) is 0. The van der Waals surface area contributed by atoms with Gasteiger partial charge >= 0.3 is 0 Å². The van der Waals surface area contributed by atoms with Crippen LogP contribution in [0.15, 0.2) is 54.6 Å². The van der Waals surface area contributed by atoms with Crippen molar-refractivity contribution in [1.82, 2.24) is 4.37 Å². The molecule has 1 atom stereocenters. The molecule has 0 saturated heterocycles.